The molecule has 9 heteroatoms. The van der Waals surface area contributed by atoms with Crippen molar-refractivity contribution >= 4 is 22.4 Å². The van der Waals surface area contributed by atoms with Gasteiger partial charge in [0, 0.05) is 6.04 Å². The van der Waals surface area contributed by atoms with Gasteiger partial charge in [-0.2, -0.15) is 5.10 Å². The Morgan fingerprint density at radius 3 is 3.14 bits per heavy atom. The lowest BCUT2D eigenvalue weighted by Gasteiger charge is -2.23. The summed E-state index contributed by atoms with van der Waals surface area (Å²) in [5.74, 6) is -0.0448. The molecule has 0 saturated carbocycles. The second kappa shape index (κ2) is 6.27. The van der Waals surface area contributed by atoms with Crippen LogP contribution < -0.4 is 5.32 Å². The summed E-state index contributed by atoms with van der Waals surface area (Å²) in [4.78, 5) is 18.2. The van der Waals surface area contributed by atoms with Crippen molar-refractivity contribution in [1.29, 1.82) is 0 Å². The SMILES string of the molecule is Cc1nnc(NC(=O)CN2CCC[C@@H]2Cn2cncn2)s1. The Morgan fingerprint density at radius 1 is 1.52 bits per heavy atom. The number of nitrogens with one attached hydrogen (secondary N) is 1. The van der Waals surface area contributed by atoms with Crippen LogP contribution in [0.3, 0.4) is 0 Å². The lowest BCUT2D eigenvalue weighted by atomic mass is 10.2. The number of hydrogen-bond acceptors (Lipinski definition) is 7. The summed E-state index contributed by atoms with van der Waals surface area (Å²) in [6.07, 6.45) is 5.42. The van der Waals surface area contributed by atoms with Crippen LogP contribution in [-0.4, -0.2) is 54.9 Å². The number of hydrogen-bond donors (Lipinski definition) is 1. The molecule has 112 valence electrons. The third-order valence-corrected chi connectivity index (χ3v) is 4.24. The predicted octanol–water partition coefficient (Wildman–Crippen LogP) is 0.541. The Balaban J connectivity index is 1.54. The zero-order valence-electron chi connectivity index (χ0n) is 11.8. The third kappa shape index (κ3) is 3.61. The van der Waals surface area contributed by atoms with E-state index in [-0.39, 0.29) is 5.91 Å². The van der Waals surface area contributed by atoms with Crippen LogP contribution in [0.1, 0.15) is 17.8 Å². The molecule has 21 heavy (non-hydrogen) atoms. The van der Waals surface area contributed by atoms with E-state index in [4.69, 9.17) is 0 Å². The van der Waals surface area contributed by atoms with Gasteiger partial charge in [0.2, 0.25) is 11.0 Å². The van der Waals surface area contributed by atoms with E-state index in [1.54, 1.807) is 6.33 Å². The Bertz CT molecular complexity index is 597. The summed E-state index contributed by atoms with van der Waals surface area (Å²) in [5, 5.41) is 16.1. The highest BCUT2D eigenvalue weighted by Gasteiger charge is 2.26. The molecule has 2 aromatic heterocycles. The molecule has 1 atom stereocenters. The maximum absolute atomic E-state index is 12.1. The molecule has 1 saturated heterocycles. The van der Waals surface area contributed by atoms with Crippen LogP contribution in [0.25, 0.3) is 0 Å². The van der Waals surface area contributed by atoms with Gasteiger partial charge in [-0.05, 0) is 26.3 Å². The molecule has 0 unspecified atom stereocenters. The van der Waals surface area contributed by atoms with Gasteiger partial charge >= 0.3 is 0 Å². The molecule has 0 bridgehead atoms. The number of anilines is 1. The minimum absolute atomic E-state index is 0.0448. The normalized spacial score (nSPS) is 19.0. The summed E-state index contributed by atoms with van der Waals surface area (Å²) >= 11 is 1.38. The van der Waals surface area contributed by atoms with Gasteiger partial charge in [-0.1, -0.05) is 11.3 Å². The summed E-state index contributed by atoms with van der Waals surface area (Å²) in [7, 11) is 0. The molecule has 1 aliphatic heterocycles. The molecule has 1 N–H and O–H groups in total. The number of carbonyl (C=O) groups is 1. The van der Waals surface area contributed by atoms with Crippen molar-refractivity contribution in [3.8, 4) is 0 Å². The smallest absolute Gasteiger partial charge is 0.240 e. The van der Waals surface area contributed by atoms with E-state index in [1.165, 1.54) is 17.7 Å². The highest BCUT2D eigenvalue weighted by Crippen LogP contribution is 2.19. The Kier molecular flexibility index (Phi) is 4.20. The predicted molar refractivity (Wildman–Crippen MR) is 77.9 cm³/mol. The van der Waals surface area contributed by atoms with Crippen molar-refractivity contribution in [2.24, 2.45) is 0 Å². The van der Waals surface area contributed by atoms with Crippen molar-refractivity contribution in [3.63, 3.8) is 0 Å². The number of aromatic nitrogens is 5. The molecule has 1 amide bonds. The highest BCUT2D eigenvalue weighted by molar-refractivity contribution is 7.15. The van der Waals surface area contributed by atoms with E-state index in [0.717, 1.165) is 30.9 Å². The van der Waals surface area contributed by atoms with Gasteiger partial charge in [-0.25, -0.2) is 4.98 Å². The minimum atomic E-state index is -0.0448. The maximum atomic E-state index is 12.1. The Morgan fingerprint density at radius 2 is 2.43 bits per heavy atom. The largest absolute Gasteiger partial charge is 0.299 e. The molecular formula is C12H17N7OS. The average molecular weight is 307 g/mol. The Hall–Kier alpha value is -1.87. The summed E-state index contributed by atoms with van der Waals surface area (Å²) in [6, 6.07) is 0.327. The first-order valence-electron chi connectivity index (χ1n) is 6.87. The van der Waals surface area contributed by atoms with Crippen molar-refractivity contribution in [2.45, 2.75) is 32.4 Å². The first-order valence-corrected chi connectivity index (χ1v) is 7.69. The maximum Gasteiger partial charge on any atom is 0.240 e. The van der Waals surface area contributed by atoms with Gasteiger partial charge in [-0.15, -0.1) is 10.2 Å². The van der Waals surface area contributed by atoms with Crippen molar-refractivity contribution < 1.29 is 4.79 Å². The van der Waals surface area contributed by atoms with Crippen LogP contribution in [0.5, 0.6) is 0 Å². The molecular weight excluding hydrogens is 290 g/mol. The van der Waals surface area contributed by atoms with Crippen LogP contribution in [0, 0.1) is 6.92 Å². The first-order chi connectivity index (χ1) is 10.2. The number of amides is 1. The third-order valence-electron chi connectivity index (χ3n) is 3.48. The lowest BCUT2D eigenvalue weighted by molar-refractivity contribution is -0.117. The fourth-order valence-corrected chi connectivity index (χ4v) is 3.15. The molecule has 2 aromatic rings. The van der Waals surface area contributed by atoms with E-state index in [0.29, 0.717) is 17.7 Å². The van der Waals surface area contributed by atoms with Gasteiger partial charge in [-0.3, -0.25) is 19.7 Å². The zero-order valence-corrected chi connectivity index (χ0v) is 12.6. The van der Waals surface area contributed by atoms with Crippen molar-refractivity contribution in [3.05, 3.63) is 17.7 Å². The van der Waals surface area contributed by atoms with Crippen molar-refractivity contribution in [1.82, 2.24) is 29.9 Å². The fourth-order valence-electron chi connectivity index (χ4n) is 2.54. The Labute approximate surface area is 126 Å². The number of likely N-dealkylation sites (tertiary alicyclic amines) is 1. The standard InChI is InChI=1S/C12H17N7OS/c1-9-16-17-12(21-9)15-11(20)6-18-4-2-3-10(18)5-19-8-13-7-14-19/h7-8,10H,2-6H2,1H3,(H,15,17,20)/t10-/m1/s1. The van der Waals surface area contributed by atoms with E-state index in [1.807, 2.05) is 11.6 Å². The van der Waals surface area contributed by atoms with E-state index in [9.17, 15) is 4.79 Å². The van der Waals surface area contributed by atoms with Gasteiger partial charge in [0.25, 0.3) is 0 Å². The van der Waals surface area contributed by atoms with Crippen molar-refractivity contribution in [2.75, 3.05) is 18.4 Å². The van der Waals surface area contributed by atoms with Crippen LogP contribution >= 0.6 is 11.3 Å². The fraction of sp³-hybridized carbons (Fsp3) is 0.583. The summed E-state index contributed by atoms with van der Waals surface area (Å²) in [5.41, 5.74) is 0. The number of carbonyl (C=O) groups excluding carboxylic acids is 1. The quantitative estimate of drug-likeness (QED) is 0.867. The van der Waals surface area contributed by atoms with Crippen LogP contribution in [0.2, 0.25) is 0 Å². The monoisotopic (exact) mass is 307 g/mol. The van der Waals surface area contributed by atoms with Crippen LogP contribution in [-0.2, 0) is 11.3 Å². The second-order valence-electron chi connectivity index (χ2n) is 5.06. The lowest BCUT2D eigenvalue weighted by Crippen LogP contribution is -2.39. The van der Waals surface area contributed by atoms with E-state index in [2.05, 4.69) is 30.5 Å². The first kappa shape index (κ1) is 14.1. The molecule has 3 heterocycles. The number of nitrogens with zero attached hydrogens (tertiary/aromatic N) is 6. The van der Waals surface area contributed by atoms with Crippen LogP contribution in [0.4, 0.5) is 5.13 Å². The van der Waals surface area contributed by atoms with E-state index >= 15 is 0 Å². The molecule has 0 spiro atoms. The second-order valence-corrected chi connectivity index (χ2v) is 6.24. The molecule has 0 aromatic carbocycles. The van der Waals surface area contributed by atoms with Gasteiger partial charge in [0.05, 0.1) is 13.1 Å². The summed E-state index contributed by atoms with van der Waals surface area (Å²) in [6.45, 7) is 3.94. The molecule has 3 rings (SSSR count). The van der Waals surface area contributed by atoms with Crippen LogP contribution in [0.15, 0.2) is 12.7 Å². The minimum Gasteiger partial charge on any atom is -0.299 e. The molecule has 1 fully saturated rings. The zero-order chi connectivity index (χ0) is 14.7. The molecule has 1 aliphatic rings. The highest BCUT2D eigenvalue weighted by atomic mass is 32.1. The molecule has 0 aliphatic carbocycles. The van der Waals surface area contributed by atoms with Gasteiger partial charge in [0.15, 0.2) is 0 Å². The number of aryl methyl sites for hydroxylation is 1. The molecule has 8 nitrogen and oxygen atoms in total. The number of rotatable bonds is 5. The molecule has 0 radical (unpaired) electrons. The van der Waals surface area contributed by atoms with Gasteiger partial charge in [0.1, 0.15) is 17.7 Å². The summed E-state index contributed by atoms with van der Waals surface area (Å²) < 4.78 is 1.81. The average Bonchev–Trinajstić information content (AvgIpc) is 3.15. The topological polar surface area (TPSA) is 88.8 Å². The van der Waals surface area contributed by atoms with Gasteiger partial charge < -0.3 is 0 Å². The van der Waals surface area contributed by atoms with E-state index < -0.39 is 0 Å².